The Balaban J connectivity index is 2.04. The molecule has 0 aromatic heterocycles. The molecule has 1 aromatic carbocycles. The number of benzene rings is 1. The number of esters is 1. The molecule has 5 heteroatoms. The summed E-state index contributed by atoms with van der Waals surface area (Å²) in [5, 5.41) is 2.81. The monoisotopic (exact) mass is 291 g/mol. The topological polar surface area (TPSA) is 64.6 Å². The Bertz CT molecular complexity index is 560. The minimum Gasteiger partial charge on any atom is -0.479 e. The number of hydrogen-bond acceptors (Lipinski definition) is 4. The number of carbonyl (C=O) groups excluding carboxylic acids is 2. The molecule has 0 bridgehead atoms. The first-order valence-corrected chi connectivity index (χ1v) is 7.07. The van der Waals surface area contributed by atoms with E-state index in [2.05, 4.69) is 5.32 Å². The highest BCUT2D eigenvalue weighted by atomic mass is 16.6. The molecule has 1 heterocycles. The van der Waals surface area contributed by atoms with Crippen molar-refractivity contribution in [2.75, 3.05) is 5.32 Å². The van der Waals surface area contributed by atoms with Crippen molar-refractivity contribution in [3.05, 3.63) is 23.8 Å². The van der Waals surface area contributed by atoms with Gasteiger partial charge < -0.3 is 14.8 Å². The third-order valence-corrected chi connectivity index (χ3v) is 3.03. The molecule has 114 valence electrons. The van der Waals surface area contributed by atoms with E-state index in [1.165, 1.54) is 0 Å². The van der Waals surface area contributed by atoms with Crippen LogP contribution in [0.5, 0.6) is 5.75 Å². The molecule has 2 rings (SSSR count). The van der Waals surface area contributed by atoms with Gasteiger partial charge in [-0.05, 0) is 45.7 Å². The molecule has 0 saturated heterocycles. The fourth-order valence-electron chi connectivity index (χ4n) is 2.06. The Labute approximate surface area is 124 Å². The standard InChI is InChI=1S/C16H21NO4/c1-10(15(19)21-16(2,3)4)20-12-7-5-11-6-8-14(18)17-13(11)9-12/h5,7,9-10H,6,8H2,1-4H3,(H,17,18). The van der Waals surface area contributed by atoms with Gasteiger partial charge in [-0.2, -0.15) is 0 Å². The summed E-state index contributed by atoms with van der Waals surface area (Å²) in [5.41, 5.74) is 1.28. The van der Waals surface area contributed by atoms with Crippen LogP contribution >= 0.6 is 0 Å². The van der Waals surface area contributed by atoms with E-state index in [0.29, 0.717) is 12.2 Å². The molecule has 5 nitrogen and oxygen atoms in total. The summed E-state index contributed by atoms with van der Waals surface area (Å²) in [7, 11) is 0. The van der Waals surface area contributed by atoms with Gasteiger partial charge in [0.1, 0.15) is 11.4 Å². The summed E-state index contributed by atoms with van der Waals surface area (Å²) in [5.74, 6) is 0.124. The predicted molar refractivity (Wildman–Crippen MR) is 79.3 cm³/mol. The van der Waals surface area contributed by atoms with Gasteiger partial charge in [0, 0.05) is 18.2 Å². The molecule has 1 amide bonds. The average Bonchev–Trinajstić information content (AvgIpc) is 2.36. The van der Waals surface area contributed by atoms with Crippen LogP contribution < -0.4 is 10.1 Å². The van der Waals surface area contributed by atoms with Crippen LogP contribution in [0, 0.1) is 0 Å². The maximum atomic E-state index is 11.9. The van der Waals surface area contributed by atoms with E-state index < -0.39 is 17.7 Å². The zero-order valence-electron chi connectivity index (χ0n) is 12.9. The van der Waals surface area contributed by atoms with Crippen LogP contribution in [-0.2, 0) is 20.7 Å². The van der Waals surface area contributed by atoms with Gasteiger partial charge in [-0.3, -0.25) is 4.79 Å². The Morgan fingerprint density at radius 2 is 2.00 bits per heavy atom. The fraction of sp³-hybridized carbons (Fsp3) is 0.500. The van der Waals surface area contributed by atoms with Crippen molar-refractivity contribution in [3.8, 4) is 5.75 Å². The van der Waals surface area contributed by atoms with E-state index in [1.54, 1.807) is 19.1 Å². The summed E-state index contributed by atoms with van der Waals surface area (Å²) >= 11 is 0. The summed E-state index contributed by atoms with van der Waals surface area (Å²) in [6, 6.07) is 5.45. The van der Waals surface area contributed by atoms with Crippen molar-refractivity contribution in [2.24, 2.45) is 0 Å². The molecule has 0 fully saturated rings. The third kappa shape index (κ3) is 4.21. The normalized spacial score (nSPS) is 15.7. The number of ether oxygens (including phenoxy) is 2. The van der Waals surface area contributed by atoms with Crippen molar-refractivity contribution in [2.45, 2.75) is 52.2 Å². The molecule has 1 unspecified atom stereocenters. The zero-order chi connectivity index (χ0) is 15.6. The first-order chi connectivity index (χ1) is 9.74. The number of rotatable bonds is 3. The molecule has 1 aliphatic heterocycles. The largest absolute Gasteiger partial charge is 0.479 e. The first kappa shape index (κ1) is 15.4. The highest BCUT2D eigenvalue weighted by molar-refractivity contribution is 5.94. The second-order valence-electron chi connectivity index (χ2n) is 6.16. The van der Waals surface area contributed by atoms with Crippen molar-refractivity contribution in [1.29, 1.82) is 0 Å². The molecule has 1 aliphatic rings. The van der Waals surface area contributed by atoms with Crippen LogP contribution in [0.4, 0.5) is 5.69 Å². The highest BCUT2D eigenvalue weighted by Gasteiger charge is 2.23. The van der Waals surface area contributed by atoms with Gasteiger partial charge >= 0.3 is 5.97 Å². The van der Waals surface area contributed by atoms with Crippen LogP contribution in [0.15, 0.2) is 18.2 Å². The highest BCUT2D eigenvalue weighted by Crippen LogP contribution is 2.27. The molecular formula is C16H21NO4. The van der Waals surface area contributed by atoms with Gasteiger partial charge in [-0.25, -0.2) is 4.79 Å². The third-order valence-electron chi connectivity index (χ3n) is 3.03. The van der Waals surface area contributed by atoms with Crippen LogP contribution in [-0.4, -0.2) is 23.6 Å². The molecule has 0 saturated carbocycles. The van der Waals surface area contributed by atoms with Crippen molar-refractivity contribution in [3.63, 3.8) is 0 Å². The molecule has 0 spiro atoms. The maximum Gasteiger partial charge on any atom is 0.347 e. The number of aryl methyl sites for hydroxylation is 1. The molecule has 1 aromatic rings. The van der Waals surface area contributed by atoms with E-state index in [9.17, 15) is 9.59 Å². The number of hydrogen-bond donors (Lipinski definition) is 1. The summed E-state index contributed by atoms with van der Waals surface area (Å²) < 4.78 is 10.9. The summed E-state index contributed by atoms with van der Waals surface area (Å²) in [4.78, 5) is 23.3. The Hall–Kier alpha value is -2.04. The molecule has 0 radical (unpaired) electrons. The second kappa shape index (κ2) is 5.76. The Morgan fingerprint density at radius 1 is 1.29 bits per heavy atom. The lowest BCUT2D eigenvalue weighted by atomic mass is 10.0. The van der Waals surface area contributed by atoms with Crippen molar-refractivity contribution >= 4 is 17.6 Å². The van der Waals surface area contributed by atoms with E-state index in [1.807, 2.05) is 26.8 Å². The fourth-order valence-corrected chi connectivity index (χ4v) is 2.06. The lowest BCUT2D eigenvalue weighted by molar-refractivity contribution is -0.162. The first-order valence-electron chi connectivity index (χ1n) is 7.07. The smallest absolute Gasteiger partial charge is 0.347 e. The second-order valence-corrected chi connectivity index (χ2v) is 6.16. The maximum absolute atomic E-state index is 11.9. The quantitative estimate of drug-likeness (QED) is 0.870. The van der Waals surface area contributed by atoms with Gasteiger partial charge in [0.05, 0.1) is 0 Å². The average molecular weight is 291 g/mol. The Kier molecular flexibility index (Phi) is 4.21. The van der Waals surface area contributed by atoms with Crippen LogP contribution in [0.25, 0.3) is 0 Å². The van der Waals surface area contributed by atoms with Gasteiger partial charge in [0.15, 0.2) is 6.10 Å². The van der Waals surface area contributed by atoms with Crippen molar-refractivity contribution in [1.82, 2.24) is 0 Å². The molecule has 0 aliphatic carbocycles. The van der Waals surface area contributed by atoms with Gasteiger partial charge in [0.2, 0.25) is 5.91 Å². The number of nitrogens with one attached hydrogen (secondary N) is 1. The number of carbonyl (C=O) groups is 2. The molecule has 1 atom stereocenters. The van der Waals surface area contributed by atoms with E-state index in [0.717, 1.165) is 17.7 Å². The predicted octanol–water partition coefficient (Wildman–Crippen LogP) is 2.68. The van der Waals surface area contributed by atoms with Gasteiger partial charge in [0.25, 0.3) is 0 Å². The number of anilines is 1. The van der Waals surface area contributed by atoms with Crippen LogP contribution in [0.2, 0.25) is 0 Å². The number of amides is 1. The van der Waals surface area contributed by atoms with Crippen molar-refractivity contribution < 1.29 is 19.1 Å². The summed E-state index contributed by atoms with van der Waals surface area (Å²) in [6.07, 6.45) is 0.520. The Morgan fingerprint density at radius 3 is 2.67 bits per heavy atom. The van der Waals surface area contributed by atoms with E-state index in [-0.39, 0.29) is 5.91 Å². The van der Waals surface area contributed by atoms with Crippen LogP contribution in [0.1, 0.15) is 39.7 Å². The molecule has 21 heavy (non-hydrogen) atoms. The summed E-state index contributed by atoms with van der Waals surface area (Å²) in [6.45, 7) is 7.08. The minimum atomic E-state index is -0.707. The van der Waals surface area contributed by atoms with E-state index in [4.69, 9.17) is 9.47 Å². The van der Waals surface area contributed by atoms with Crippen LogP contribution in [0.3, 0.4) is 0 Å². The SMILES string of the molecule is CC(Oc1ccc2c(c1)NC(=O)CC2)C(=O)OC(C)(C)C. The van der Waals surface area contributed by atoms with Gasteiger partial charge in [-0.1, -0.05) is 6.07 Å². The zero-order valence-corrected chi connectivity index (χ0v) is 12.9. The lowest BCUT2D eigenvalue weighted by Gasteiger charge is -2.23. The van der Waals surface area contributed by atoms with Gasteiger partial charge in [-0.15, -0.1) is 0 Å². The molecule has 1 N–H and O–H groups in total. The molecular weight excluding hydrogens is 270 g/mol. The van der Waals surface area contributed by atoms with E-state index >= 15 is 0 Å². The number of fused-ring (bicyclic) bond motifs is 1. The lowest BCUT2D eigenvalue weighted by Crippen LogP contribution is -2.33. The minimum absolute atomic E-state index is 0.000147.